The average molecular weight is 466 g/mol. The summed E-state index contributed by atoms with van der Waals surface area (Å²) in [6.07, 6.45) is 0. The Kier molecular flexibility index (Phi) is 6.94. The molecule has 9 nitrogen and oxygen atoms in total. The van der Waals surface area contributed by atoms with Crippen LogP contribution in [0.1, 0.15) is 23.2 Å². The maximum Gasteiger partial charge on any atom is 0.340 e. The number of esters is 1. The molecule has 1 aromatic heterocycles. The van der Waals surface area contributed by atoms with E-state index in [-0.39, 0.29) is 33.8 Å². The first-order valence-corrected chi connectivity index (χ1v) is 11.0. The Morgan fingerprint density at radius 2 is 1.94 bits per heavy atom. The van der Waals surface area contributed by atoms with Gasteiger partial charge < -0.3 is 14.0 Å². The molecule has 0 amide bonds. The largest absolute Gasteiger partial charge is 0.493 e. The zero-order valence-corrected chi connectivity index (χ0v) is 18.6. The van der Waals surface area contributed by atoms with Crippen LogP contribution >= 0.6 is 11.6 Å². The average Bonchev–Trinajstić information content (AvgIpc) is 3.21. The zero-order chi connectivity index (χ0) is 22.6. The Bertz CT molecular complexity index is 1190. The quantitative estimate of drug-likeness (QED) is 0.465. The fourth-order valence-corrected chi connectivity index (χ4v) is 3.72. The molecule has 2 aromatic carbocycles. The normalized spacial score (nSPS) is 11.5. The molecule has 0 aliphatic rings. The van der Waals surface area contributed by atoms with Crippen LogP contribution in [0, 0.1) is 0 Å². The van der Waals surface area contributed by atoms with Crippen LogP contribution in [0.2, 0.25) is 5.02 Å². The maximum atomic E-state index is 12.5. The molecule has 0 saturated heterocycles. The lowest BCUT2D eigenvalue weighted by Gasteiger charge is -2.12. The van der Waals surface area contributed by atoms with Gasteiger partial charge in [-0.25, -0.2) is 17.5 Å². The van der Waals surface area contributed by atoms with Crippen molar-refractivity contribution in [2.45, 2.75) is 18.4 Å². The van der Waals surface area contributed by atoms with Gasteiger partial charge in [-0.1, -0.05) is 28.9 Å². The maximum absolute atomic E-state index is 12.5. The third kappa shape index (κ3) is 5.04. The fourth-order valence-electron chi connectivity index (χ4n) is 2.59. The minimum Gasteiger partial charge on any atom is -0.493 e. The Morgan fingerprint density at radius 3 is 2.65 bits per heavy atom. The summed E-state index contributed by atoms with van der Waals surface area (Å²) in [6, 6.07) is 11.0. The van der Waals surface area contributed by atoms with Gasteiger partial charge in [-0.05, 0) is 37.3 Å². The number of hydrogen-bond acceptors (Lipinski definition) is 8. The smallest absolute Gasteiger partial charge is 0.340 e. The van der Waals surface area contributed by atoms with Crippen molar-refractivity contribution in [3.8, 4) is 17.1 Å². The number of halogens is 1. The SMILES string of the molecule is CCOc1ccccc1-c1noc(COC(=O)c2cc(S(=O)(=O)N(C)C)ccc2Cl)n1. The lowest BCUT2D eigenvalue weighted by molar-refractivity contribution is 0.0429. The first kappa shape index (κ1) is 22.7. The lowest BCUT2D eigenvalue weighted by Crippen LogP contribution is -2.22. The molecule has 0 spiro atoms. The molecule has 0 fully saturated rings. The van der Waals surface area contributed by atoms with E-state index in [4.69, 9.17) is 25.6 Å². The number of benzene rings is 2. The van der Waals surface area contributed by atoms with E-state index in [1.54, 1.807) is 12.1 Å². The van der Waals surface area contributed by atoms with Gasteiger partial charge in [0.05, 0.1) is 27.7 Å². The Morgan fingerprint density at radius 1 is 1.19 bits per heavy atom. The highest BCUT2D eigenvalue weighted by Gasteiger charge is 2.22. The van der Waals surface area contributed by atoms with Crippen LogP contribution in [0.25, 0.3) is 11.4 Å². The molecule has 3 aromatic rings. The van der Waals surface area contributed by atoms with E-state index in [1.165, 1.54) is 26.2 Å². The number of ether oxygens (including phenoxy) is 2. The molecule has 0 atom stereocenters. The molecule has 164 valence electrons. The molecular formula is C20H20ClN3O6S. The van der Waals surface area contributed by atoms with Crippen molar-refractivity contribution in [3.63, 3.8) is 0 Å². The van der Waals surface area contributed by atoms with E-state index in [9.17, 15) is 13.2 Å². The summed E-state index contributed by atoms with van der Waals surface area (Å²) in [5, 5.41) is 3.95. The first-order chi connectivity index (χ1) is 14.7. The van der Waals surface area contributed by atoms with Crippen LogP contribution in [-0.4, -0.2) is 49.5 Å². The van der Waals surface area contributed by atoms with Gasteiger partial charge in [0, 0.05) is 14.1 Å². The number of nitrogens with zero attached hydrogens (tertiary/aromatic N) is 3. The van der Waals surface area contributed by atoms with Gasteiger partial charge in [-0.2, -0.15) is 4.98 Å². The van der Waals surface area contributed by atoms with Crippen molar-refractivity contribution in [2.24, 2.45) is 0 Å². The monoisotopic (exact) mass is 465 g/mol. The molecule has 0 bridgehead atoms. The van der Waals surface area contributed by atoms with Crippen molar-refractivity contribution in [2.75, 3.05) is 20.7 Å². The first-order valence-electron chi connectivity index (χ1n) is 9.18. The molecule has 0 aliphatic carbocycles. The van der Waals surface area contributed by atoms with Crippen LogP contribution in [0.3, 0.4) is 0 Å². The van der Waals surface area contributed by atoms with E-state index in [0.717, 1.165) is 10.4 Å². The highest BCUT2D eigenvalue weighted by molar-refractivity contribution is 7.89. The summed E-state index contributed by atoms with van der Waals surface area (Å²) in [5.41, 5.74) is 0.543. The molecular weight excluding hydrogens is 446 g/mol. The fraction of sp³-hybridized carbons (Fsp3) is 0.250. The second kappa shape index (κ2) is 9.46. The van der Waals surface area contributed by atoms with Crippen LogP contribution in [-0.2, 0) is 21.4 Å². The van der Waals surface area contributed by atoms with E-state index in [1.807, 2.05) is 19.1 Å². The van der Waals surface area contributed by atoms with E-state index in [0.29, 0.717) is 17.9 Å². The molecule has 11 heteroatoms. The highest BCUT2D eigenvalue weighted by Crippen LogP contribution is 2.28. The Balaban J connectivity index is 1.76. The Hall–Kier alpha value is -2.95. The summed E-state index contributed by atoms with van der Waals surface area (Å²) < 4.78 is 41.5. The standard InChI is InChI=1S/C20H20ClN3O6S/c1-4-28-17-8-6-5-7-14(17)19-22-18(30-23-19)12-29-20(25)15-11-13(9-10-16(15)21)31(26,27)24(2)3/h5-11H,4,12H2,1-3H3. The van der Waals surface area contributed by atoms with Gasteiger partial charge in [0.1, 0.15) is 5.75 Å². The summed E-state index contributed by atoms with van der Waals surface area (Å²) in [4.78, 5) is 16.6. The topological polar surface area (TPSA) is 112 Å². The van der Waals surface area contributed by atoms with Crippen LogP contribution in [0.15, 0.2) is 51.9 Å². The predicted octanol–water partition coefficient (Wildman–Crippen LogP) is 3.40. The number of para-hydroxylation sites is 1. The zero-order valence-electron chi connectivity index (χ0n) is 17.0. The summed E-state index contributed by atoms with van der Waals surface area (Å²) in [7, 11) is -0.963. The van der Waals surface area contributed by atoms with Crippen LogP contribution in [0.4, 0.5) is 0 Å². The molecule has 1 heterocycles. The third-order valence-corrected chi connectivity index (χ3v) is 6.30. The lowest BCUT2D eigenvalue weighted by atomic mass is 10.2. The molecule has 0 radical (unpaired) electrons. The van der Waals surface area contributed by atoms with E-state index >= 15 is 0 Å². The molecule has 0 aliphatic heterocycles. The number of sulfonamides is 1. The van der Waals surface area contributed by atoms with Crippen molar-refractivity contribution >= 4 is 27.6 Å². The van der Waals surface area contributed by atoms with Gasteiger partial charge in [-0.3, -0.25) is 0 Å². The molecule has 31 heavy (non-hydrogen) atoms. The van der Waals surface area contributed by atoms with Crippen molar-refractivity contribution in [1.82, 2.24) is 14.4 Å². The summed E-state index contributed by atoms with van der Waals surface area (Å²) in [5.74, 6) is 0.116. The number of aromatic nitrogens is 2. The molecule has 3 rings (SSSR count). The van der Waals surface area contributed by atoms with Gasteiger partial charge >= 0.3 is 5.97 Å². The van der Waals surface area contributed by atoms with Gasteiger partial charge in [-0.15, -0.1) is 0 Å². The second-order valence-electron chi connectivity index (χ2n) is 6.45. The number of carbonyl (C=O) groups is 1. The molecule has 0 unspecified atom stereocenters. The second-order valence-corrected chi connectivity index (χ2v) is 9.01. The van der Waals surface area contributed by atoms with Crippen molar-refractivity contribution < 1.29 is 27.2 Å². The van der Waals surface area contributed by atoms with Gasteiger partial charge in [0.15, 0.2) is 6.61 Å². The highest BCUT2D eigenvalue weighted by atomic mass is 35.5. The van der Waals surface area contributed by atoms with Crippen LogP contribution in [0.5, 0.6) is 5.75 Å². The molecule has 0 N–H and O–H groups in total. The number of rotatable bonds is 8. The number of hydrogen-bond donors (Lipinski definition) is 0. The van der Waals surface area contributed by atoms with Gasteiger partial charge in [0.2, 0.25) is 15.8 Å². The van der Waals surface area contributed by atoms with Crippen molar-refractivity contribution in [1.29, 1.82) is 0 Å². The summed E-state index contributed by atoms with van der Waals surface area (Å²) in [6.45, 7) is 2.02. The third-order valence-electron chi connectivity index (χ3n) is 4.16. The van der Waals surface area contributed by atoms with E-state index in [2.05, 4.69) is 10.1 Å². The van der Waals surface area contributed by atoms with Gasteiger partial charge in [0.25, 0.3) is 5.89 Å². The number of carbonyl (C=O) groups excluding carboxylic acids is 1. The Labute approximate surface area is 184 Å². The minimum absolute atomic E-state index is 0.0552. The minimum atomic E-state index is -3.74. The summed E-state index contributed by atoms with van der Waals surface area (Å²) >= 11 is 6.06. The molecule has 0 saturated carbocycles. The van der Waals surface area contributed by atoms with Crippen molar-refractivity contribution in [3.05, 3.63) is 58.9 Å². The van der Waals surface area contributed by atoms with E-state index < -0.39 is 16.0 Å². The predicted molar refractivity (Wildman–Crippen MR) is 112 cm³/mol. The van der Waals surface area contributed by atoms with Crippen LogP contribution < -0.4 is 4.74 Å².